The molecule has 0 fully saturated rings. The third-order valence-electron chi connectivity index (χ3n) is 1.79. The van der Waals surface area contributed by atoms with E-state index in [1.807, 2.05) is 20.8 Å². The summed E-state index contributed by atoms with van der Waals surface area (Å²) < 4.78 is 11.1. The van der Waals surface area contributed by atoms with Crippen molar-refractivity contribution in [2.45, 2.75) is 52.4 Å². The standard InChI is InChI=1S/C13H22O2/c1-6-8-10-13(4,5)15-12(3)14-11-9-7-2/h6,12H,1,7,9,11H2,2-5H3/t12-/m0/s1. The van der Waals surface area contributed by atoms with Gasteiger partial charge in [0.05, 0.1) is 0 Å². The molecule has 0 saturated heterocycles. The fraction of sp³-hybridized carbons (Fsp3) is 0.692. The van der Waals surface area contributed by atoms with Gasteiger partial charge in [-0.2, -0.15) is 0 Å². The predicted molar refractivity (Wildman–Crippen MR) is 63.5 cm³/mol. The fourth-order valence-electron chi connectivity index (χ4n) is 1.10. The number of hydrogen-bond acceptors (Lipinski definition) is 2. The molecule has 0 unspecified atom stereocenters. The maximum atomic E-state index is 5.64. The van der Waals surface area contributed by atoms with Crippen LogP contribution in [0.3, 0.4) is 0 Å². The lowest BCUT2D eigenvalue weighted by atomic mass is 10.1. The van der Waals surface area contributed by atoms with E-state index in [4.69, 9.17) is 9.47 Å². The molecule has 0 radical (unpaired) electrons. The second-order valence-corrected chi connectivity index (χ2v) is 3.89. The van der Waals surface area contributed by atoms with E-state index in [1.165, 1.54) is 0 Å². The molecule has 0 aliphatic heterocycles. The van der Waals surface area contributed by atoms with Crippen LogP contribution in [-0.4, -0.2) is 18.5 Å². The number of hydrogen-bond donors (Lipinski definition) is 0. The zero-order valence-corrected chi connectivity index (χ0v) is 10.3. The maximum absolute atomic E-state index is 5.64. The Morgan fingerprint density at radius 2 is 2.13 bits per heavy atom. The second kappa shape index (κ2) is 7.50. The second-order valence-electron chi connectivity index (χ2n) is 3.89. The van der Waals surface area contributed by atoms with E-state index in [2.05, 4.69) is 25.3 Å². The van der Waals surface area contributed by atoms with Crippen molar-refractivity contribution in [3.63, 3.8) is 0 Å². The molecule has 1 atom stereocenters. The molecule has 0 aromatic carbocycles. The van der Waals surface area contributed by atoms with Crippen LogP contribution in [0, 0.1) is 11.8 Å². The molecule has 86 valence electrons. The number of allylic oxidation sites excluding steroid dienone is 1. The van der Waals surface area contributed by atoms with E-state index in [-0.39, 0.29) is 6.29 Å². The first kappa shape index (κ1) is 14.2. The van der Waals surface area contributed by atoms with Crippen molar-refractivity contribution >= 4 is 0 Å². The van der Waals surface area contributed by atoms with Gasteiger partial charge in [-0.1, -0.05) is 31.8 Å². The Labute approximate surface area is 93.7 Å². The molecule has 15 heavy (non-hydrogen) atoms. The molecule has 2 nitrogen and oxygen atoms in total. The van der Waals surface area contributed by atoms with Crippen molar-refractivity contribution in [3.05, 3.63) is 12.7 Å². The van der Waals surface area contributed by atoms with Crippen LogP contribution in [0.25, 0.3) is 0 Å². The highest BCUT2D eigenvalue weighted by Gasteiger charge is 2.18. The van der Waals surface area contributed by atoms with Gasteiger partial charge in [0, 0.05) is 6.61 Å². The summed E-state index contributed by atoms with van der Waals surface area (Å²) in [5.41, 5.74) is -0.486. The van der Waals surface area contributed by atoms with Crippen LogP contribution >= 0.6 is 0 Å². The van der Waals surface area contributed by atoms with Crippen LogP contribution in [0.2, 0.25) is 0 Å². The zero-order chi connectivity index (χ0) is 11.7. The summed E-state index contributed by atoms with van der Waals surface area (Å²) in [7, 11) is 0. The van der Waals surface area contributed by atoms with Crippen molar-refractivity contribution in [3.8, 4) is 11.8 Å². The Morgan fingerprint density at radius 3 is 2.67 bits per heavy atom. The molecule has 0 rings (SSSR count). The van der Waals surface area contributed by atoms with Crippen LogP contribution in [0.5, 0.6) is 0 Å². The highest BCUT2D eigenvalue weighted by atomic mass is 16.7. The average Bonchev–Trinajstić information content (AvgIpc) is 2.14. The van der Waals surface area contributed by atoms with Crippen LogP contribution in [-0.2, 0) is 9.47 Å². The summed E-state index contributed by atoms with van der Waals surface area (Å²) in [6.07, 6.45) is 3.54. The average molecular weight is 210 g/mol. The molecule has 0 heterocycles. The molecule has 2 heteroatoms. The summed E-state index contributed by atoms with van der Waals surface area (Å²) in [5, 5.41) is 0. The lowest BCUT2D eigenvalue weighted by Crippen LogP contribution is -2.29. The normalized spacial score (nSPS) is 12.8. The summed E-state index contributed by atoms with van der Waals surface area (Å²) >= 11 is 0. The van der Waals surface area contributed by atoms with Gasteiger partial charge in [-0.05, 0) is 33.3 Å². The van der Waals surface area contributed by atoms with Crippen molar-refractivity contribution in [2.75, 3.05) is 6.61 Å². The molecule has 0 aliphatic rings. The lowest BCUT2D eigenvalue weighted by molar-refractivity contribution is -0.172. The van der Waals surface area contributed by atoms with E-state index < -0.39 is 5.60 Å². The van der Waals surface area contributed by atoms with Gasteiger partial charge in [0.15, 0.2) is 6.29 Å². The number of ether oxygens (including phenoxy) is 2. The zero-order valence-electron chi connectivity index (χ0n) is 10.3. The summed E-state index contributed by atoms with van der Waals surface area (Å²) in [6, 6.07) is 0. The van der Waals surface area contributed by atoms with E-state index in [0.717, 1.165) is 19.4 Å². The van der Waals surface area contributed by atoms with Gasteiger partial charge >= 0.3 is 0 Å². The largest absolute Gasteiger partial charge is 0.353 e. The SMILES string of the molecule is C=CC#CC(C)(C)O[C@@H](C)OCCCC. The van der Waals surface area contributed by atoms with Crippen LogP contribution in [0.4, 0.5) is 0 Å². The summed E-state index contributed by atoms with van der Waals surface area (Å²) in [6.45, 7) is 12.2. The van der Waals surface area contributed by atoms with Gasteiger partial charge in [0.1, 0.15) is 5.60 Å². The van der Waals surface area contributed by atoms with Crippen molar-refractivity contribution in [2.24, 2.45) is 0 Å². The Bertz CT molecular complexity index is 233. The Morgan fingerprint density at radius 1 is 1.47 bits per heavy atom. The van der Waals surface area contributed by atoms with E-state index in [1.54, 1.807) is 6.08 Å². The highest BCUT2D eigenvalue weighted by molar-refractivity contribution is 5.19. The van der Waals surface area contributed by atoms with E-state index >= 15 is 0 Å². The number of unbranched alkanes of at least 4 members (excludes halogenated alkanes) is 1. The van der Waals surface area contributed by atoms with Crippen molar-refractivity contribution in [1.82, 2.24) is 0 Å². The van der Waals surface area contributed by atoms with Gasteiger partial charge in [-0.25, -0.2) is 0 Å². The first-order valence-electron chi connectivity index (χ1n) is 5.45. The Hall–Kier alpha value is -0.780. The minimum atomic E-state index is -0.486. The van der Waals surface area contributed by atoms with E-state index in [9.17, 15) is 0 Å². The smallest absolute Gasteiger partial charge is 0.156 e. The molecule has 0 aliphatic carbocycles. The van der Waals surface area contributed by atoms with E-state index in [0.29, 0.717) is 0 Å². The Balaban J connectivity index is 3.92. The molecule has 0 aromatic rings. The first-order valence-corrected chi connectivity index (χ1v) is 5.45. The first-order chi connectivity index (χ1) is 7.02. The van der Waals surface area contributed by atoms with Crippen molar-refractivity contribution in [1.29, 1.82) is 0 Å². The van der Waals surface area contributed by atoms with Gasteiger partial charge in [-0.3, -0.25) is 0 Å². The monoisotopic (exact) mass is 210 g/mol. The van der Waals surface area contributed by atoms with Gasteiger partial charge in [0.2, 0.25) is 0 Å². The lowest BCUT2D eigenvalue weighted by Gasteiger charge is -2.24. The minimum Gasteiger partial charge on any atom is -0.353 e. The molecule has 0 amide bonds. The third-order valence-corrected chi connectivity index (χ3v) is 1.79. The molecule has 0 spiro atoms. The quantitative estimate of drug-likeness (QED) is 0.381. The highest BCUT2D eigenvalue weighted by Crippen LogP contribution is 2.12. The fourth-order valence-corrected chi connectivity index (χ4v) is 1.10. The summed E-state index contributed by atoms with van der Waals surface area (Å²) in [4.78, 5) is 0. The summed E-state index contributed by atoms with van der Waals surface area (Å²) in [5.74, 6) is 5.75. The maximum Gasteiger partial charge on any atom is 0.156 e. The molecule has 0 bridgehead atoms. The minimum absolute atomic E-state index is 0.217. The van der Waals surface area contributed by atoms with Crippen LogP contribution in [0.1, 0.15) is 40.5 Å². The molecule has 0 N–H and O–H groups in total. The van der Waals surface area contributed by atoms with Crippen LogP contribution < -0.4 is 0 Å². The van der Waals surface area contributed by atoms with Gasteiger partial charge in [0.25, 0.3) is 0 Å². The van der Waals surface area contributed by atoms with Crippen LogP contribution in [0.15, 0.2) is 12.7 Å². The third kappa shape index (κ3) is 8.23. The molecular weight excluding hydrogens is 188 g/mol. The Kier molecular flexibility index (Phi) is 7.11. The topological polar surface area (TPSA) is 18.5 Å². The van der Waals surface area contributed by atoms with Crippen molar-refractivity contribution < 1.29 is 9.47 Å². The molecular formula is C13H22O2. The number of rotatable bonds is 6. The van der Waals surface area contributed by atoms with Gasteiger partial charge < -0.3 is 9.47 Å². The predicted octanol–water partition coefficient (Wildman–Crippen LogP) is 3.13. The molecule has 0 aromatic heterocycles. The van der Waals surface area contributed by atoms with Gasteiger partial charge in [-0.15, -0.1) is 0 Å². The molecule has 0 saturated carbocycles.